The summed E-state index contributed by atoms with van der Waals surface area (Å²) in [6.45, 7) is 1.78. The van der Waals surface area contributed by atoms with Crippen molar-refractivity contribution in [3.63, 3.8) is 0 Å². The summed E-state index contributed by atoms with van der Waals surface area (Å²) in [5.41, 5.74) is 1.14. The van der Waals surface area contributed by atoms with Crippen molar-refractivity contribution in [1.29, 1.82) is 5.26 Å². The van der Waals surface area contributed by atoms with Crippen molar-refractivity contribution in [1.82, 2.24) is 25.0 Å². The molecule has 7 nitrogen and oxygen atoms in total. The molecule has 21 heavy (non-hydrogen) atoms. The molecule has 104 valence electrons. The molecule has 1 N–H and O–H groups in total. The fourth-order valence-electron chi connectivity index (χ4n) is 2.23. The Bertz CT molecular complexity index is 922. The Morgan fingerprint density at radius 2 is 2.19 bits per heavy atom. The third-order valence-corrected chi connectivity index (χ3v) is 3.54. The van der Waals surface area contributed by atoms with Gasteiger partial charge in [0.2, 0.25) is 10.9 Å². The first-order valence-corrected chi connectivity index (χ1v) is 6.49. The van der Waals surface area contributed by atoms with Crippen molar-refractivity contribution in [3.8, 4) is 6.07 Å². The van der Waals surface area contributed by atoms with E-state index in [1.54, 1.807) is 31.2 Å². The molecule has 0 radical (unpaired) electrons. The number of nitriles is 1. The monoisotopic (exact) mass is 300 g/mol. The first kappa shape index (κ1) is 13.3. The van der Waals surface area contributed by atoms with E-state index in [1.807, 2.05) is 0 Å². The highest BCUT2D eigenvalue weighted by atomic mass is 35.5. The molecule has 0 saturated heterocycles. The van der Waals surface area contributed by atoms with Crippen LogP contribution in [0.25, 0.3) is 11.2 Å². The zero-order chi connectivity index (χ0) is 15.0. The summed E-state index contributed by atoms with van der Waals surface area (Å²) in [7, 11) is 0. The molecule has 0 fully saturated rings. The second kappa shape index (κ2) is 5.00. The zero-order valence-electron chi connectivity index (χ0n) is 10.9. The number of benzene rings is 1. The van der Waals surface area contributed by atoms with Crippen LogP contribution in [0.1, 0.15) is 24.1 Å². The second-order valence-electron chi connectivity index (χ2n) is 4.44. The summed E-state index contributed by atoms with van der Waals surface area (Å²) >= 11 is 6.09. The summed E-state index contributed by atoms with van der Waals surface area (Å²) in [6.07, 6.45) is 0. The maximum absolute atomic E-state index is 12.5. The number of nitrogens with one attached hydrogen (secondary N) is 1. The molecule has 1 unspecified atom stereocenters. The quantitative estimate of drug-likeness (QED) is 0.725. The molecule has 0 aliphatic rings. The number of hydrogen-bond acceptors (Lipinski definition) is 5. The van der Waals surface area contributed by atoms with Gasteiger partial charge < -0.3 is 0 Å². The molecule has 3 rings (SSSR count). The normalized spacial score (nSPS) is 12.2. The minimum absolute atomic E-state index is 0.00152. The molecule has 1 aromatic carbocycles. The van der Waals surface area contributed by atoms with Crippen LogP contribution in [0, 0.1) is 11.3 Å². The van der Waals surface area contributed by atoms with Crippen molar-refractivity contribution >= 4 is 22.8 Å². The predicted octanol–water partition coefficient (Wildman–Crippen LogP) is 1.65. The molecule has 3 aromatic rings. The van der Waals surface area contributed by atoms with E-state index in [4.69, 9.17) is 11.6 Å². The summed E-state index contributed by atoms with van der Waals surface area (Å²) in [5, 5.41) is 18.9. The van der Waals surface area contributed by atoms with E-state index < -0.39 is 6.04 Å². The number of nitrogens with zero attached hydrogens (tertiary/aromatic N) is 5. The average molecular weight is 301 g/mol. The van der Waals surface area contributed by atoms with Crippen molar-refractivity contribution in [3.05, 3.63) is 51.0 Å². The molecule has 2 heterocycles. The summed E-state index contributed by atoms with van der Waals surface area (Å²) in [5.74, 6) is 0. The van der Waals surface area contributed by atoms with Gasteiger partial charge in [-0.1, -0.05) is 23.4 Å². The number of aromatic nitrogens is 5. The number of H-pyrrole nitrogens is 1. The maximum Gasteiger partial charge on any atom is 0.282 e. The minimum atomic E-state index is -0.443. The molecular formula is C13H9ClN6O. The molecule has 0 saturated carbocycles. The van der Waals surface area contributed by atoms with Crippen LogP contribution in [0.15, 0.2) is 29.1 Å². The van der Waals surface area contributed by atoms with Crippen LogP contribution in [0.4, 0.5) is 0 Å². The van der Waals surface area contributed by atoms with Crippen molar-refractivity contribution in [2.45, 2.75) is 13.0 Å². The van der Waals surface area contributed by atoms with Gasteiger partial charge in [-0.05, 0) is 30.2 Å². The second-order valence-corrected chi connectivity index (χ2v) is 4.78. The Morgan fingerprint density at radius 1 is 1.43 bits per heavy atom. The van der Waals surface area contributed by atoms with E-state index in [0.717, 1.165) is 0 Å². The van der Waals surface area contributed by atoms with Gasteiger partial charge in [-0.2, -0.15) is 10.2 Å². The van der Waals surface area contributed by atoms with Gasteiger partial charge >= 0.3 is 0 Å². The molecule has 0 amide bonds. The largest absolute Gasteiger partial charge is 0.282 e. The first-order chi connectivity index (χ1) is 10.1. The third kappa shape index (κ3) is 2.06. The number of aromatic amines is 1. The van der Waals surface area contributed by atoms with Crippen LogP contribution < -0.4 is 5.56 Å². The lowest BCUT2D eigenvalue weighted by molar-refractivity contribution is 0.607. The molecule has 8 heteroatoms. The number of halogens is 1. The molecular weight excluding hydrogens is 292 g/mol. The maximum atomic E-state index is 12.5. The number of rotatable bonds is 2. The SMILES string of the molecule is CC(c1ccccc1C#N)n1c(Cl)nc2nn[nH]c2c1=O. The highest BCUT2D eigenvalue weighted by molar-refractivity contribution is 6.28. The predicted molar refractivity (Wildman–Crippen MR) is 75.9 cm³/mol. The number of fused-ring (bicyclic) bond motifs is 1. The molecule has 0 spiro atoms. The van der Waals surface area contributed by atoms with E-state index in [9.17, 15) is 10.1 Å². The lowest BCUT2D eigenvalue weighted by atomic mass is 10.0. The van der Waals surface area contributed by atoms with Gasteiger partial charge in [-0.25, -0.2) is 0 Å². The van der Waals surface area contributed by atoms with Gasteiger partial charge in [-0.3, -0.25) is 14.5 Å². The standard InChI is InChI=1S/C13H9ClN6O/c1-7(9-5-3-2-4-8(9)6-15)20-12(21)10-11(16-13(20)14)18-19-17-10/h2-5,7H,1H3,(H,17,18,19). The van der Waals surface area contributed by atoms with Crippen LogP contribution in [0.5, 0.6) is 0 Å². The van der Waals surface area contributed by atoms with E-state index in [1.165, 1.54) is 4.57 Å². The van der Waals surface area contributed by atoms with Gasteiger partial charge in [0, 0.05) is 0 Å². The zero-order valence-corrected chi connectivity index (χ0v) is 11.7. The van der Waals surface area contributed by atoms with Crippen molar-refractivity contribution in [2.24, 2.45) is 0 Å². The van der Waals surface area contributed by atoms with Gasteiger partial charge in [0.15, 0.2) is 5.52 Å². The highest BCUT2D eigenvalue weighted by Crippen LogP contribution is 2.23. The fourth-order valence-corrected chi connectivity index (χ4v) is 2.53. The molecule has 0 bridgehead atoms. The highest BCUT2D eigenvalue weighted by Gasteiger charge is 2.19. The van der Waals surface area contributed by atoms with Crippen molar-refractivity contribution < 1.29 is 0 Å². The molecule has 1 atom stereocenters. The van der Waals surface area contributed by atoms with Crippen LogP contribution in [-0.4, -0.2) is 25.0 Å². The topological polar surface area (TPSA) is 100 Å². The lowest BCUT2D eigenvalue weighted by Gasteiger charge is -2.17. The Balaban J connectivity index is 2.25. The van der Waals surface area contributed by atoms with Crippen LogP contribution in [-0.2, 0) is 0 Å². The summed E-state index contributed by atoms with van der Waals surface area (Å²) in [6, 6.07) is 8.69. The van der Waals surface area contributed by atoms with Crippen LogP contribution in [0.2, 0.25) is 5.28 Å². The lowest BCUT2D eigenvalue weighted by Crippen LogP contribution is -2.26. The number of hydrogen-bond donors (Lipinski definition) is 1. The molecule has 0 aliphatic heterocycles. The molecule has 2 aromatic heterocycles. The van der Waals surface area contributed by atoms with E-state index in [-0.39, 0.29) is 22.0 Å². The van der Waals surface area contributed by atoms with Gasteiger partial charge in [0.05, 0.1) is 17.7 Å². The van der Waals surface area contributed by atoms with Crippen LogP contribution >= 0.6 is 11.6 Å². The average Bonchev–Trinajstić information content (AvgIpc) is 2.95. The fraction of sp³-hybridized carbons (Fsp3) is 0.154. The Kier molecular flexibility index (Phi) is 3.16. The Morgan fingerprint density at radius 3 is 2.95 bits per heavy atom. The minimum Gasteiger partial charge on any atom is -0.274 e. The van der Waals surface area contributed by atoms with Crippen LogP contribution in [0.3, 0.4) is 0 Å². The third-order valence-electron chi connectivity index (χ3n) is 3.28. The smallest absolute Gasteiger partial charge is 0.274 e. The summed E-state index contributed by atoms with van der Waals surface area (Å²) in [4.78, 5) is 16.5. The van der Waals surface area contributed by atoms with Crippen molar-refractivity contribution in [2.75, 3.05) is 0 Å². The van der Waals surface area contributed by atoms with Gasteiger partial charge in [0.1, 0.15) is 0 Å². The first-order valence-electron chi connectivity index (χ1n) is 6.11. The van der Waals surface area contributed by atoms with E-state index in [0.29, 0.717) is 11.1 Å². The van der Waals surface area contributed by atoms with E-state index in [2.05, 4.69) is 26.5 Å². The van der Waals surface area contributed by atoms with E-state index >= 15 is 0 Å². The Hall–Kier alpha value is -2.72. The molecule has 0 aliphatic carbocycles. The Labute approximate surface area is 123 Å². The van der Waals surface area contributed by atoms with Gasteiger partial charge in [0.25, 0.3) is 5.56 Å². The van der Waals surface area contributed by atoms with Gasteiger partial charge in [-0.15, -0.1) is 5.10 Å². The summed E-state index contributed by atoms with van der Waals surface area (Å²) < 4.78 is 1.31.